The van der Waals surface area contributed by atoms with Crippen molar-refractivity contribution in [3.8, 4) is 0 Å². The molecule has 1 spiro atoms. The second kappa shape index (κ2) is 10.6. The van der Waals surface area contributed by atoms with Gasteiger partial charge in [0.25, 0.3) is 0 Å². The molecule has 7 atom stereocenters. The first kappa shape index (κ1) is 25.9. The molecule has 0 aromatic heterocycles. The zero-order chi connectivity index (χ0) is 26.2. The quantitative estimate of drug-likeness (QED) is 0.402. The van der Waals surface area contributed by atoms with Gasteiger partial charge in [-0.3, -0.25) is 14.4 Å². The van der Waals surface area contributed by atoms with E-state index >= 15 is 0 Å². The Balaban J connectivity index is 1.54. The molecule has 2 bridgehead atoms. The van der Waals surface area contributed by atoms with Gasteiger partial charge in [0.05, 0.1) is 30.6 Å². The molecule has 196 valence electrons. The summed E-state index contributed by atoms with van der Waals surface area (Å²) in [7, 11) is 0. The Morgan fingerprint density at radius 3 is 2.43 bits per heavy atom. The predicted molar refractivity (Wildman–Crippen MR) is 140 cm³/mol. The van der Waals surface area contributed by atoms with Crippen LogP contribution in [0.1, 0.15) is 36.9 Å². The summed E-state index contributed by atoms with van der Waals surface area (Å²) in [5, 5.41) is 16.4. The zero-order valence-corrected chi connectivity index (χ0v) is 22.3. The third-order valence-electron chi connectivity index (χ3n) is 7.83. The number of amides is 3. The van der Waals surface area contributed by atoms with E-state index in [1.165, 1.54) is 4.90 Å². The number of aliphatic hydroxyl groups excluding tert-OH is 1. The van der Waals surface area contributed by atoms with Crippen molar-refractivity contribution in [1.29, 1.82) is 0 Å². The van der Waals surface area contributed by atoms with Crippen molar-refractivity contribution in [2.24, 2.45) is 11.8 Å². The molecule has 3 aliphatic heterocycles. The Hall–Kier alpha value is -2.75. The van der Waals surface area contributed by atoms with E-state index in [-0.39, 0.29) is 35.7 Å². The maximum atomic E-state index is 14.2. The van der Waals surface area contributed by atoms with E-state index in [4.69, 9.17) is 4.74 Å². The highest BCUT2D eigenvalue weighted by molar-refractivity contribution is 9.09. The standard InChI is InChI=1S/C28H32BrN3O5/c1-2-13-30-25(34)21-22-27(36)32(20(16-33)18-11-7-4-8-12-18)24(28(22)14-19(29)23(21)37-28)26(35)31-15-17-9-5-3-6-10-17/h3-12,19-24,33H,2,13-16H2,1H3,(H,30,34)(H,31,35)/t19?,20-,21-,22+,23-,24?,28?/m1/s1. The molecule has 3 unspecified atom stereocenters. The molecular formula is C28H32BrN3O5. The molecule has 0 saturated carbocycles. The molecular weight excluding hydrogens is 538 g/mol. The van der Waals surface area contributed by atoms with Gasteiger partial charge >= 0.3 is 0 Å². The molecule has 3 heterocycles. The number of benzene rings is 2. The van der Waals surface area contributed by atoms with Crippen LogP contribution in [-0.4, -0.2) is 63.5 Å². The maximum Gasteiger partial charge on any atom is 0.246 e. The number of nitrogens with zero attached hydrogens (tertiary/aromatic N) is 1. The van der Waals surface area contributed by atoms with Crippen molar-refractivity contribution in [1.82, 2.24) is 15.5 Å². The SMILES string of the molecule is CCCNC(=O)[C@H]1[C@@H]2OC3(CC2Br)C(C(=O)NCc2ccccc2)N([C@H](CO)c2ccccc2)C(=O)[C@H]13. The lowest BCUT2D eigenvalue weighted by Crippen LogP contribution is -2.56. The largest absolute Gasteiger partial charge is 0.394 e. The van der Waals surface area contributed by atoms with E-state index in [0.29, 0.717) is 18.5 Å². The van der Waals surface area contributed by atoms with E-state index in [2.05, 4.69) is 26.6 Å². The molecule has 3 amide bonds. The van der Waals surface area contributed by atoms with Gasteiger partial charge in [-0.2, -0.15) is 0 Å². The first-order valence-corrected chi connectivity index (χ1v) is 13.7. The average molecular weight is 570 g/mol. The third kappa shape index (κ3) is 4.36. The lowest BCUT2D eigenvalue weighted by Gasteiger charge is -2.37. The number of carbonyl (C=O) groups is 3. The van der Waals surface area contributed by atoms with Crippen molar-refractivity contribution >= 4 is 33.7 Å². The second-order valence-electron chi connectivity index (χ2n) is 10.0. The maximum absolute atomic E-state index is 14.2. The molecule has 0 aliphatic carbocycles. The van der Waals surface area contributed by atoms with Gasteiger partial charge in [-0.05, 0) is 24.0 Å². The highest BCUT2D eigenvalue weighted by Gasteiger charge is 2.77. The van der Waals surface area contributed by atoms with Crippen LogP contribution in [-0.2, 0) is 25.7 Å². The average Bonchev–Trinajstić information content (AvgIpc) is 3.51. The van der Waals surface area contributed by atoms with Gasteiger partial charge < -0.3 is 25.4 Å². The highest BCUT2D eigenvalue weighted by atomic mass is 79.9. The van der Waals surface area contributed by atoms with E-state index in [0.717, 1.165) is 12.0 Å². The Kier molecular flexibility index (Phi) is 7.38. The number of halogens is 1. The minimum atomic E-state index is -1.17. The summed E-state index contributed by atoms with van der Waals surface area (Å²) >= 11 is 3.68. The number of hydrogen-bond donors (Lipinski definition) is 3. The van der Waals surface area contributed by atoms with Crippen LogP contribution in [0.4, 0.5) is 0 Å². The van der Waals surface area contributed by atoms with Gasteiger partial charge in [-0.25, -0.2) is 0 Å². The van der Waals surface area contributed by atoms with Crippen LogP contribution in [0.25, 0.3) is 0 Å². The minimum absolute atomic E-state index is 0.178. The number of fused-ring (bicyclic) bond motifs is 1. The molecule has 0 radical (unpaired) electrons. The molecule has 3 N–H and O–H groups in total. The summed E-state index contributed by atoms with van der Waals surface area (Å²) in [6.07, 6.45) is 0.669. The summed E-state index contributed by atoms with van der Waals surface area (Å²) in [6, 6.07) is 17.0. The highest BCUT2D eigenvalue weighted by Crippen LogP contribution is 2.61. The van der Waals surface area contributed by atoms with Gasteiger partial charge in [-0.15, -0.1) is 0 Å². The number of alkyl halides is 1. The molecule has 5 rings (SSSR count). The van der Waals surface area contributed by atoms with Gasteiger partial charge in [-0.1, -0.05) is 83.5 Å². The van der Waals surface area contributed by atoms with E-state index in [1.54, 1.807) is 0 Å². The normalized spacial score (nSPS) is 30.7. The Morgan fingerprint density at radius 1 is 1.11 bits per heavy atom. The van der Waals surface area contributed by atoms with Gasteiger partial charge in [0.2, 0.25) is 17.7 Å². The minimum Gasteiger partial charge on any atom is -0.394 e. The number of nitrogens with one attached hydrogen (secondary N) is 2. The molecule has 37 heavy (non-hydrogen) atoms. The summed E-state index contributed by atoms with van der Waals surface area (Å²) in [5.74, 6) is -2.46. The zero-order valence-electron chi connectivity index (χ0n) is 20.7. The summed E-state index contributed by atoms with van der Waals surface area (Å²) < 4.78 is 6.51. The molecule has 8 nitrogen and oxygen atoms in total. The van der Waals surface area contributed by atoms with Crippen LogP contribution in [0.2, 0.25) is 0 Å². The van der Waals surface area contributed by atoms with Crippen molar-refractivity contribution in [2.75, 3.05) is 13.2 Å². The van der Waals surface area contributed by atoms with E-state index < -0.39 is 35.6 Å². The van der Waals surface area contributed by atoms with Crippen LogP contribution < -0.4 is 10.6 Å². The van der Waals surface area contributed by atoms with Gasteiger partial charge in [0, 0.05) is 17.9 Å². The molecule has 2 aromatic rings. The van der Waals surface area contributed by atoms with Crippen LogP contribution in [0, 0.1) is 11.8 Å². The van der Waals surface area contributed by atoms with E-state index in [9.17, 15) is 19.5 Å². The van der Waals surface area contributed by atoms with Crippen LogP contribution >= 0.6 is 15.9 Å². The number of carbonyl (C=O) groups excluding carboxylic acids is 3. The number of aliphatic hydroxyl groups is 1. The number of hydrogen-bond acceptors (Lipinski definition) is 5. The van der Waals surface area contributed by atoms with Crippen LogP contribution in [0.3, 0.4) is 0 Å². The first-order chi connectivity index (χ1) is 17.9. The molecule has 9 heteroatoms. The number of rotatable bonds is 9. The summed E-state index contributed by atoms with van der Waals surface area (Å²) in [6.45, 7) is 2.38. The lowest BCUT2D eigenvalue weighted by molar-refractivity contribution is -0.145. The summed E-state index contributed by atoms with van der Waals surface area (Å²) in [4.78, 5) is 42.7. The van der Waals surface area contributed by atoms with Gasteiger partial charge in [0.15, 0.2) is 0 Å². The number of ether oxygens (including phenoxy) is 1. The molecule has 2 aromatic carbocycles. The Bertz CT molecular complexity index is 1150. The van der Waals surface area contributed by atoms with Crippen molar-refractivity contribution in [2.45, 2.75) is 54.9 Å². The van der Waals surface area contributed by atoms with Crippen molar-refractivity contribution < 1.29 is 24.2 Å². The molecule has 3 saturated heterocycles. The monoisotopic (exact) mass is 569 g/mol. The molecule has 3 fully saturated rings. The number of likely N-dealkylation sites (tertiary alicyclic amines) is 1. The lowest BCUT2D eigenvalue weighted by atomic mass is 9.70. The second-order valence-corrected chi connectivity index (χ2v) is 11.2. The fourth-order valence-electron chi connectivity index (χ4n) is 6.28. The fourth-order valence-corrected chi connectivity index (χ4v) is 7.22. The Labute approximate surface area is 224 Å². The van der Waals surface area contributed by atoms with E-state index in [1.807, 2.05) is 67.6 Å². The third-order valence-corrected chi connectivity index (χ3v) is 8.67. The Morgan fingerprint density at radius 2 is 1.78 bits per heavy atom. The predicted octanol–water partition coefficient (Wildman–Crippen LogP) is 2.31. The van der Waals surface area contributed by atoms with Crippen molar-refractivity contribution in [3.05, 3.63) is 71.8 Å². The summed E-state index contributed by atoms with van der Waals surface area (Å²) in [5.41, 5.74) is 0.467. The fraction of sp³-hybridized carbons (Fsp3) is 0.464. The topological polar surface area (TPSA) is 108 Å². The van der Waals surface area contributed by atoms with Crippen molar-refractivity contribution in [3.63, 3.8) is 0 Å². The molecule has 3 aliphatic rings. The first-order valence-electron chi connectivity index (χ1n) is 12.8. The van der Waals surface area contributed by atoms with Gasteiger partial charge in [0.1, 0.15) is 11.6 Å². The van der Waals surface area contributed by atoms with Crippen LogP contribution in [0.5, 0.6) is 0 Å². The smallest absolute Gasteiger partial charge is 0.246 e. The van der Waals surface area contributed by atoms with Crippen LogP contribution in [0.15, 0.2) is 60.7 Å².